The van der Waals surface area contributed by atoms with Gasteiger partial charge in [-0.1, -0.05) is 18.2 Å². The first-order valence-corrected chi connectivity index (χ1v) is 5.88. The molecule has 1 aromatic rings. The highest BCUT2D eigenvalue weighted by atomic mass is 16.3. The molecule has 0 saturated heterocycles. The van der Waals surface area contributed by atoms with Gasteiger partial charge in [-0.15, -0.1) is 0 Å². The Morgan fingerprint density at radius 1 is 1.50 bits per heavy atom. The summed E-state index contributed by atoms with van der Waals surface area (Å²) in [6, 6.07) is 6.46. The number of aliphatic hydroxyl groups excluding tert-OH is 1. The summed E-state index contributed by atoms with van der Waals surface area (Å²) in [7, 11) is 0. The molecule has 16 heavy (non-hydrogen) atoms. The van der Waals surface area contributed by atoms with Gasteiger partial charge in [-0.3, -0.25) is 4.90 Å². The molecule has 1 aliphatic heterocycles. The Hall–Kier alpha value is -0.900. The SMILES string of the molecule is Cc1cccc2c1CCN(C[C@@H](O)CN)C2. The number of hydrogen-bond donors (Lipinski definition) is 2. The highest BCUT2D eigenvalue weighted by Crippen LogP contribution is 2.21. The monoisotopic (exact) mass is 220 g/mol. The molecule has 1 aromatic carbocycles. The van der Waals surface area contributed by atoms with Crippen LogP contribution >= 0.6 is 0 Å². The molecule has 0 aromatic heterocycles. The van der Waals surface area contributed by atoms with Crippen LogP contribution in [0.3, 0.4) is 0 Å². The van der Waals surface area contributed by atoms with Crippen molar-refractivity contribution in [1.82, 2.24) is 4.90 Å². The molecule has 3 nitrogen and oxygen atoms in total. The third kappa shape index (κ3) is 2.43. The van der Waals surface area contributed by atoms with E-state index in [0.717, 1.165) is 19.5 Å². The van der Waals surface area contributed by atoms with Gasteiger partial charge in [0.25, 0.3) is 0 Å². The first-order chi connectivity index (χ1) is 7.70. The second-order valence-electron chi connectivity index (χ2n) is 4.59. The number of rotatable bonds is 3. The fraction of sp³-hybridized carbons (Fsp3) is 0.538. The summed E-state index contributed by atoms with van der Waals surface area (Å²) in [4.78, 5) is 2.28. The van der Waals surface area contributed by atoms with Crippen molar-refractivity contribution >= 4 is 0 Å². The highest BCUT2D eigenvalue weighted by Gasteiger charge is 2.18. The van der Waals surface area contributed by atoms with Crippen LogP contribution in [0.25, 0.3) is 0 Å². The largest absolute Gasteiger partial charge is 0.390 e. The van der Waals surface area contributed by atoms with Crippen LogP contribution in [0.1, 0.15) is 16.7 Å². The smallest absolute Gasteiger partial charge is 0.0789 e. The minimum atomic E-state index is -0.397. The summed E-state index contributed by atoms with van der Waals surface area (Å²) in [5.74, 6) is 0. The molecular weight excluding hydrogens is 200 g/mol. The molecule has 0 aliphatic carbocycles. The number of nitrogens with two attached hydrogens (primary N) is 1. The van der Waals surface area contributed by atoms with Crippen LogP contribution in [0.15, 0.2) is 18.2 Å². The van der Waals surface area contributed by atoms with Crippen molar-refractivity contribution < 1.29 is 5.11 Å². The van der Waals surface area contributed by atoms with Crippen LogP contribution < -0.4 is 5.73 Å². The van der Waals surface area contributed by atoms with E-state index in [-0.39, 0.29) is 0 Å². The fourth-order valence-corrected chi connectivity index (χ4v) is 2.39. The van der Waals surface area contributed by atoms with Crippen LogP contribution in [0.5, 0.6) is 0 Å². The lowest BCUT2D eigenvalue weighted by Crippen LogP contribution is -2.39. The van der Waals surface area contributed by atoms with Crippen molar-refractivity contribution in [2.75, 3.05) is 19.6 Å². The van der Waals surface area contributed by atoms with Gasteiger partial charge in [-0.2, -0.15) is 0 Å². The lowest BCUT2D eigenvalue weighted by atomic mass is 9.95. The Morgan fingerprint density at radius 3 is 3.06 bits per heavy atom. The second-order valence-corrected chi connectivity index (χ2v) is 4.59. The van der Waals surface area contributed by atoms with Gasteiger partial charge in [-0.05, 0) is 30.0 Å². The Kier molecular flexibility index (Phi) is 3.59. The van der Waals surface area contributed by atoms with Crippen molar-refractivity contribution in [2.45, 2.75) is 26.0 Å². The molecule has 1 aliphatic rings. The number of hydrogen-bond acceptors (Lipinski definition) is 3. The first-order valence-electron chi connectivity index (χ1n) is 5.88. The zero-order valence-electron chi connectivity index (χ0n) is 9.82. The number of nitrogens with zero attached hydrogens (tertiary/aromatic N) is 1. The van der Waals surface area contributed by atoms with Crippen molar-refractivity contribution in [1.29, 1.82) is 0 Å². The minimum absolute atomic E-state index is 0.344. The Bertz CT molecular complexity index is 365. The van der Waals surface area contributed by atoms with Gasteiger partial charge in [0.15, 0.2) is 0 Å². The Balaban J connectivity index is 2.06. The third-order valence-electron chi connectivity index (χ3n) is 3.32. The van der Waals surface area contributed by atoms with Crippen molar-refractivity contribution in [3.05, 3.63) is 34.9 Å². The van der Waals surface area contributed by atoms with Gasteiger partial charge in [0.2, 0.25) is 0 Å². The van der Waals surface area contributed by atoms with E-state index in [4.69, 9.17) is 5.73 Å². The first kappa shape index (κ1) is 11.6. The van der Waals surface area contributed by atoms with E-state index in [1.54, 1.807) is 0 Å². The maximum absolute atomic E-state index is 9.55. The number of fused-ring (bicyclic) bond motifs is 1. The normalized spacial score (nSPS) is 18.2. The van der Waals surface area contributed by atoms with Crippen LogP contribution in [-0.2, 0) is 13.0 Å². The molecule has 0 radical (unpaired) electrons. The van der Waals surface area contributed by atoms with Crippen molar-refractivity contribution in [3.8, 4) is 0 Å². The lowest BCUT2D eigenvalue weighted by molar-refractivity contribution is 0.111. The van der Waals surface area contributed by atoms with Crippen LogP contribution in [0, 0.1) is 6.92 Å². The molecule has 2 rings (SSSR count). The second kappa shape index (κ2) is 4.95. The van der Waals surface area contributed by atoms with E-state index in [0.29, 0.717) is 13.1 Å². The average molecular weight is 220 g/mol. The van der Waals surface area contributed by atoms with Gasteiger partial charge in [0.1, 0.15) is 0 Å². The summed E-state index contributed by atoms with van der Waals surface area (Å²) in [6.45, 7) is 5.16. The number of aliphatic hydroxyl groups is 1. The molecule has 0 saturated carbocycles. The molecule has 1 heterocycles. The topological polar surface area (TPSA) is 49.5 Å². The quantitative estimate of drug-likeness (QED) is 0.787. The Morgan fingerprint density at radius 2 is 2.31 bits per heavy atom. The summed E-state index contributed by atoms with van der Waals surface area (Å²) in [6.07, 6.45) is 0.686. The zero-order chi connectivity index (χ0) is 11.5. The predicted octanol–water partition coefficient (Wildman–Crippen LogP) is 0.673. The molecule has 0 amide bonds. The standard InChI is InChI=1S/C13H20N2O/c1-10-3-2-4-11-8-15(6-5-13(10)11)9-12(16)7-14/h2-4,12,16H,5-9,14H2,1H3/t12-/m0/s1. The summed E-state index contributed by atoms with van der Waals surface area (Å²) in [5, 5.41) is 9.55. The van der Waals surface area contributed by atoms with E-state index in [2.05, 4.69) is 30.0 Å². The molecule has 3 N–H and O–H groups in total. The molecule has 0 bridgehead atoms. The predicted molar refractivity (Wildman–Crippen MR) is 65.2 cm³/mol. The van der Waals surface area contributed by atoms with Gasteiger partial charge >= 0.3 is 0 Å². The molecule has 0 fully saturated rings. The zero-order valence-corrected chi connectivity index (χ0v) is 9.82. The summed E-state index contributed by atoms with van der Waals surface area (Å²) in [5.41, 5.74) is 9.70. The van der Waals surface area contributed by atoms with E-state index in [1.807, 2.05) is 0 Å². The third-order valence-corrected chi connectivity index (χ3v) is 3.32. The highest BCUT2D eigenvalue weighted by molar-refractivity contribution is 5.36. The fourth-order valence-electron chi connectivity index (χ4n) is 2.39. The van der Waals surface area contributed by atoms with E-state index < -0.39 is 6.10 Å². The van der Waals surface area contributed by atoms with Gasteiger partial charge < -0.3 is 10.8 Å². The summed E-state index contributed by atoms with van der Waals surface area (Å²) < 4.78 is 0. The maximum Gasteiger partial charge on any atom is 0.0789 e. The van der Waals surface area contributed by atoms with Crippen molar-refractivity contribution in [2.24, 2.45) is 5.73 Å². The average Bonchev–Trinajstić information content (AvgIpc) is 2.29. The molecule has 1 atom stereocenters. The van der Waals surface area contributed by atoms with E-state index in [9.17, 15) is 5.11 Å². The molecule has 0 spiro atoms. The van der Waals surface area contributed by atoms with Crippen LogP contribution in [0.2, 0.25) is 0 Å². The molecule has 88 valence electrons. The molecular formula is C13H20N2O. The molecule has 0 unspecified atom stereocenters. The van der Waals surface area contributed by atoms with Gasteiger partial charge in [-0.25, -0.2) is 0 Å². The number of aryl methyl sites for hydroxylation is 1. The van der Waals surface area contributed by atoms with Crippen molar-refractivity contribution in [3.63, 3.8) is 0 Å². The van der Waals surface area contributed by atoms with Gasteiger partial charge in [0.05, 0.1) is 6.10 Å². The maximum atomic E-state index is 9.55. The minimum Gasteiger partial charge on any atom is -0.390 e. The Labute approximate surface area is 96.9 Å². The van der Waals surface area contributed by atoms with E-state index in [1.165, 1.54) is 16.7 Å². The summed E-state index contributed by atoms with van der Waals surface area (Å²) >= 11 is 0. The van der Waals surface area contributed by atoms with Crippen LogP contribution in [0.4, 0.5) is 0 Å². The number of β-amino-alcohol motifs (C(OH)–C–C–N with tert-alkyl or cyclic N) is 1. The number of benzene rings is 1. The molecule has 3 heteroatoms. The van der Waals surface area contributed by atoms with E-state index >= 15 is 0 Å². The van der Waals surface area contributed by atoms with Gasteiger partial charge in [0, 0.05) is 26.2 Å². The van der Waals surface area contributed by atoms with Crippen LogP contribution in [-0.4, -0.2) is 35.7 Å². The lowest BCUT2D eigenvalue weighted by Gasteiger charge is -2.30.